The lowest BCUT2D eigenvalue weighted by atomic mass is 10.1. The fraction of sp³-hybridized carbons (Fsp3) is 0.133. The predicted molar refractivity (Wildman–Crippen MR) is 90.0 cm³/mol. The third-order valence-electron chi connectivity index (χ3n) is 2.91. The number of rotatable bonds is 4. The van der Waals surface area contributed by atoms with Crippen LogP contribution in [0.3, 0.4) is 0 Å². The van der Waals surface area contributed by atoms with Gasteiger partial charge in [-0.2, -0.15) is 0 Å². The molecule has 24 heavy (non-hydrogen) atoms. The minimum atomic E-state index is -3.79. The highest BCUT2D eigenvalue weighted by molar-refractivity contribution is 7.89. The lowest BCUT2D eigenvalue weighted by Gasteiger charge is -2.12. The molecule has 0 fully saturated rings. The third kappa shape index (κ3) is 4.59. The Bertz CT molecular complexity index is 916. The smallest absolute Gasteiger partial charge is 0.267 e. The van der Waals surface area contributed by atoms with E-state index in [1.807, 2.05) is 0 Å². The van der Waals surface area contributed by atoms with Gasteiger partial charge in [0.1, 0.15) is 17.3 Å². The maximum atomic E-state index is 14.1. The number of nitrogens with one attached hydrogen (secondary N) is 1. The van der Waals surface area contributed by atoms with E-state index in [4.69, 9.17) is 27.9 Å². The second-order valence-corrected chi connectivity index (χ2v) is 7.54. The Morgan fingerprint density at radius 3 is 2.42 bits per heavy atom. The summed E-state index contributed by atoms with van der Waals surface area (Å²) >= 11 is 11.7. The van der Waals surface area contributed by atoms with E-state index in [0.29, 0.717) is 16.3 Å². The molecule has 5 nitrogen and oxygen atoms in total. The summed E-state index contributed by atoms with van der Waals surface area (Å²) in [6.45, 7) is 1.59. The van der Waals surface area contributed by atoms with Crippen LogP contribution in [0.2, 0.25) is 10.0 Å². The molecule has 1 amide bonds. The topological polar surface area (TPSA) is 72.5 Å². The Labute approximate surface area is 148 Å². The van der Waals surface area contributed by atoms with Gasteiger partial charge in [-0.25, -0.2) is 17.5 Å². The zero-order chi connectivity index (χ0) is 18.1. The van der Waals surface area contributed by atoms with Crippen LogP contribution in [0, 0.1) is 12.7 Å². The number of sulfonamides is 1. The van der Waals surface area contributed by atoms with Gasteiger partial charge in [-0.15, -0.1) is 0 Å². The van der Waals surface area contributed by atoms with Gasteiger partial charge in [0.2, 0.25) is 10.0 Å². The minimum Gasteiger partial charge on any atom is -0.457 e. The molecule has 9 heteroatoms. The van der Waals surface area contributed by atoms with Crippen molar-refractivity contribution in [2.75, 3.05) is 6.26 Å². The lowest BCUT2D eigenvalue weighted by molar-refractivity contribution is 0.0977. The number of hydrogen-bond acceptors (Lipinski definition) is 4. The van der Waals surface area contributed by atoms with Crippen LogP contribution in [0.15, 0.2) is 30.3 Å². The van der Waals surface area contributed by atoms with Crippen molar-refractivity contribution in [2.24, 2.45) is 0 Å². The number of carbonyl (C=O) groups excluding carboxylic acids is 1. The van der Waals surface area contributed by atoms with Gasteiger partial charge < -0.3 is 4.74 Å². The first-order chi connectivity index (χ1) is 11.1. The van der Waals surface area contributed by atoms with Crippen molar-refractivity contribution >= 4 is 39.1 Å². The highest BCUT2D eigenvalue weighted by atomic mass is 35.5. The largest absolute Gasteiger partial charge is 0.457 e. The van der Waals surface area contributed by atoms with Crippen molar-refractivity contribution in [1.82, 2.24) is 4.72 Å². The summed E-state index contributed by atoms with van der Waals surface area (Å²) < 4.78 is 43.5. The van der Waals surface area contributed by atoms with E-state index >= 15 is 0 Å². The van der Waals surface area contributed by atoms with Gasteiger partial charge in [-0.05, 0) is 30.7 Å². The van der Waals surface area contributed by atoms with Crippen LogP contribution in [0.5, 0.6) is 11.5 Å². The van der Waals surface area contributed by atoms with E-state index in [2.05, 4.69) is 0 Å². The van der Waals surface area contributed by atoms with E-state index in [1.54, 1.807) is 17.7 Å². The number of carbonyl (C=O) groups is 1. The van der Waals surface area contributed by atoms with E-state index < -0.39 is 27.3 Å². The normalized spacial score (nSPS) is 11.2. The minimum absolute atomic E-state index is 0.154. The molecule has 0 aromatic heterocycles. The third-order valence-corrected chi connectivity index (χ3v) is 4.20. The van der Waals surface area contributed by atoms with E-state index in [1.165, 1.54) is 18.2 Å². The molecule has 0 saturated carbocycles. The van der Waals surface area contributed by atoms with Crippen molar-refractivity contribution in [3.8, 4) is 11.5 Å². The molecule has 0 aliphatic carbocycles. The Kier molecular flexibility index (Phi) is 5.37. The lowest BCUT2D eigenvalue weighted by Crippen LogP contribution is -2.30. The first-order valence-corrected chi connectivity index (χ1v) is 9.17. The van der Waals surface area contributed by atoms with E-state index in [0.717, 1.165) is 12.3 Å². The van der Waals surface area contributed by atoms with Crippen LogP contribution >= 0.6 is 23.2 Å². The predicted octanol–water partition coefficient (Wildman–Crippen LogP) is 3.92. The maximum absolute atomic E-state index is 14.1. The molecule has 2 aromatic rings. The molecule has 2 rings (SSSR count). The number of aryl methyl sites for hydroxylation is 1. The molecule has 0 atom stereocenters. The van der Waals surface area contributed by atoms with Gasteiger partial charge in [0.25, 0.3) is 5.91 Å². The summed E-state index contributed by atoms with van der Waals surface area (Å²) in [7, 11) is -3.79. The van der Waals surface area contributed by atoms with Crippen LogP contribution in [0.1, 0.15) is 15.9 Å². The van der Waals surface area contributed by atoms with Gasteiger partial charge in [0, 0.05) is 12.1 Å². The van der Waals surface area contributed by atoms with E-state index in [-0.39, 0.29) is 10.8 Å². The first kappa shape index (κ1) is 18.5. The quantitative estimate of drug-likeness (QED) is 0.856. The van der Waals surface area contributed by atoms with Crippen LogP contribution in [-0.4, -0.2) is 20.6 Å². The fourth-order valence-electron chi connectivity index (χ4n) is 1.84. The molecule has 0 bridgehead atoms. The van der Waals surface area contributed by atoms with Crippen LogP contribution < -0.4 is 9.46 Å². The average Bonchev–Trinajstić information content (AvgIpc) is 2.44. The number of benzene rings is 2. The molecule has 0 radical (unpaired) electrons. The zero-order valence-electron chi connectivity index (χ0n) is 12.6. The van der Waals surface area contributed by atoms with Crippen LogP contribution in [0.4, 0.5) is 4.39 Å². The van der Waals surface area contributed by atoms with Gasteiger partial charge in [0.15, 0.2) is 0 Å². The number of ether oxygens (including phenoxy) is 1. The zero-order valence-corrected chi connectivity index (χ0v) is 14.9. The summed E-state index contributed by atoms with van der Waals surface area (Å²) in [6, 6.07) is 6.73. The monoisotopic (exact) mass is 391 g/mol. The van der Waals surface area contributed by atoms with Crippen molar-refractivity contribution < 1.29 is 22.3 Å². The Hall–Kier alpha value is -1.83. The maximum Gasteiger partial charge on any atom is 0.267 e. The van der Waals surface area contributed by atoms with Crippen LogP contribution in [0.25, 0.3) is 0 Å². The summed E-state index contributed by atoms with van der Waals surface area (Å²) in [5.74, 6) is -1.49. The number of halogens is 3. The molecule has 0 aliphatic heterocycles. The number of hydrogen-bond donors (Lipinski definition) is 1. The van der Waals surface area contributed by atoms with Crippen molar-refractivity contribution in [3.05, 3.63) is 57.3 Å². The van der Waals surface area contributed by atoms with Crippen molar-refractivity contribution in [2.45, 2.75) is 6.92 Å². The molecule has 2 aromatic carbocycles. The second-order valence-electron chi connectivity index (χ2n) is 4.98. The average molecular weight is 392 g/mol. The second kappa shape index (κ2) is 6.96. The molecule has 0 spiro atoms. The van der Waals surface area contributed by atoms with Crippen molar-refractivity contribution in [3.63, 3.8) is 0 Å². The summed E-state index contributed by atoms with van der Waals surface area (Å²) in [5.41, 5.74) is 0.0283. The standard InChI is InChI=1S/C15H12Cl2FNO4S/c1-8-5-10(15(20)19-24(2,21)22)13(18)7-14(8)23-9-3-4-11(16)12(17)6-9/h3-7H,1-2H3,(H,19,20). The Morgan fingerprint density at radius 2 is 1.83 bits per heavy atom. The molecule has 0 saturated heterocycles. The molecular weight excluding hydrogens is 380 g/mol. The van der Waals surface area contributed by atoms with Gasteiger partial charge in [-0.3, -0.25) is 4.79 Å². The highest BCUT2D eigenvalue weighted by Crippen LogP contribution is 2.31. The highest BCUT2D eigenvalue weighted by Gasteiger charge is 2.18. The molecule has 1 N–H and O–H groups in total. The molecular formula is C15H12Cl2FNO4S. The number of amides is 1. The molecule has 0 unspecified atom stereocenters. The SMILES string of the molecule is Cc1cc(C(=O)NS(C)(=O)=O)c(F)cc1Oc1ccc(Cl)c(Cl)c1. The van der Waals surface area contributed by atoms with Crippen molar-refractivity contribution in [1.29, 1.82) is 0 Å². The van der Waals surface area contributed by atoms with E-state index in [9.17, 15) is 17.6 Å². The van der Waals surface area contributed by atoms with Gasteiger partial charge in [-0.1, -0.05) is 23.2 Å². The summed E-state index contributed by atoms with van der Waals surface area (Å²) in [6.07, 6.45) is 0.803. The summed E-state index contributed by atoms with van der Waals surface area (Å²) in [5, 5.41) is 0.621. The Morgan fingerprint density at radius 1 is 1.17 bits per heavy atom. The molecule has 128 valence electrons. The van der Waals surface area contributed by atoms with Gasteiger partial charge in [0.05, 0.1) is 21.9 Å². The van der Waals surface area contributed by atoms with Gasteiger partial charge >= 0.3 is 0 Å². The first-order valence-electron chi connectivity index (χ1n) is 6.52. The Balaban J connectivity index is 2.32. The summed E-state index contributed by atoms with van der Waals surface area (Å²) in [4.78, 5) is 11.8. The molecule has 0 aliphatic rings. The van der Waals surface area contributed by atoms with Crippen LogP contribution in [-0.2, 0) is 10.0 Å². The fourth-order valence-corrected chi connectivity index (χ4v) is 2.57. The molecule has 0 heterocycles.